The highest BCUT2D eigenvalue weighted by Gasteiger charge is 2.19. The lowest BCUT2D eigenvalue weighted by atomic mass is 10.0. The lowest BCUT2D eigenvalue weighted by Gasteiger charge is -2.32. The number of nitrogens with zero attached hydrogens (tertiary/aromatic N) is 1. The lowest BCUT2D eigenvalue weighted by molar-refractivity contribution is 0.475. The molecular formula is C15H16INO. The Morgan fingerprint density at radius 3 is 2.61 bits per heavy atom. The van der Waals surface area contributed by atoms with Gasteiger partial charge in [0.1, 0.15) is 5.75 Å². The second-order valence-electron chi connectivity index (χ2n) is 4.85. The van der Waals surface area contributed by atoms with Gasteiger partial charge in [0.15, 0.2) is 0 Å². The van der Waals surface area contributed by atoms with Gasteiger partial charge >= 0.3 is 0 Å². The van der Waals surface area contributed by atoms with Crippen LogP contribution in [0.2, 0.25) is 0 Å². The zero-order valence-corrected chi connectivity index (χ0v) is 12.3. The lowest BCUT2D eigenvalue weighted by Crippen LogP contribution is -2.33. The Kier molecular flexibility index (Phi) is 3.33. The first-order valence-electron chi connectivity index (χ1n) is 6.35. The highest BCUT2D eigenvalue weighted by Crippen LogP contribution is 2.33. The fraction of sp³-hybridized carbons (Fsp3) is 0.333. The number of fused-ring (bicyclic) bond motifs is 1. The van der Waals surface area contributed by atoms with Crippen molar-refractivity contribution >= 4 is 39.1 Å². The van der Waals surface area contributed by atoms with Gasteiger partial charge in [-0.25, -0.2) is 0 Å². The molecule has 3 rings (SSSR count). The highest BCUT2D eigenvalue weighted by molar-refractivity contribution is 14.1. The maximum atomic E-state index is 9.87. The molecule has 3 heteroatoms. The van der Waals surface area contributed by atoms with E-state index in [0.29, 0.717) is 5.75 Å². The average Bonchev–Trinajstić information content (AvgIpc) is 2.38. The summed E-state index contributed by atoms with van der Waals surface area (Å²) in [5.74, 6) is 0.361. The third kappa shape index (κ3) is 2.28. The first kappa shape index (κ1) is 12.1. The molecule has 0 spiro atoms. The molecule has 94 valence electrons. The van der Waals surface area contributed by atoms with Gasteiger partial charge in [-0.2, -0.15) is 0 Å². The Balaban J connectivity index is 2.05. The smallest absolute Gasteiger partial charge is 0.118 e. The van der Waals surface area contributed by atoms with E-state index in [-0.39, 0.29) is 0 Å². The molecule has 0 aliphatic carbocycles. The zero-order valence-electron chi connectivity index (χ0n) is 10.1. The summed E-state index contributed by atoms with van der Waals surface area (Å²) in [7, 11) is 0. The van der Waals surface area contributed by atoms with E-state index >= 15 is 0 Å². The number of anilines is 1. The minimum Gasteiger partial charge on any atom is -0.508 e. The Labute approximate surface area is 121 Å². The molecule has 18 heavy (non-hydrogen) atoms. The highest BCUT2D eigenvalue weighted by atomic mass is 127. The van der Waals surface area contributed by atoms with Crippen LogP contribution in [0.5, 0.6) is 5.75 Å². The van der Waals surface area contributed by atoms with Crippen LogP contribution in [0.4, 0.5) is 5.69 Å². The van der Waals surface area contributed by atoms with Crippen molar-refractivity contribution in [2.24, 2.45) is 0 Å². The molecule has 0 amide bonds. The SMILES string of the molecule is Oc1cc(N2CCC(I)CC2)c2ccccc2c1. The van der Waals surface area contributed by atoms with Gasteiger partial charge in [0.25, 0.3) is 0 Å². The number of aromatic hydroxyl groups is 1. The van der Waals surface area contributed by atoms with E-state index in [0.717, 1.165) is 22.4 Å². The summed E-state index contributed by atoms with van der Waals surface area (Å²) in [5.41, 5.74) is 1.17. The fourth-order valence-corrected chi connectivity index (χ4v) is 3.18. The summed E-state index contributed by atoms with van der Waals surface area (Å²) in [6.07, 6.45) is 2.45. The molecule has 0 unspecified atom stereocenters. The van der Waals surface area contributed by atoms with E-state index < -0.39 is 0 Å². The van der Waals surface area contributed by atoms with Gasteiger partial charge in [-0.05, 0) is 24.3 Å². The number of alkyl halides is 1. The second kappa shape index (κ2) is 4.96. The Morgan fingerprint density at radius 1 is 1.11 bits per heavy atom. The van der Waals surface area contributed by atoms with Crippen LogP contribution in [0, 0.1) is 0 Å². The van der Waals surface area contributed by atoms with Crippen molar-refractivity contribution in [1.29, 1.82) is 0 Å². The minimum atomic E-state index is 0.361. The quantitative estimate of drug-likeness (QED) is 0.620. The van der Waals surface area contributed by atoms with Crippen LogP contribution in [0.25, 0.3) is 10.8 Å². The predicted molar refractivity (Wildman–Crippen MR) is 84.9 cm³/mol. The molecule has 0 aromatic heterocycles. The number of phenols is 1. The largest absolute Gasteiger partial charge is 0.508 e. The average molecular weight is 353 g/mol. The number of rotatable bonds is 1. The van der Waals surface area contributed by atoms with E-state index in [4.69, 9.17) is 0 Å². The van der Waals surface area contributed by atoms with Gasteiger partial charge in [0.2, 0.25) is 0 Å². The molecule has 2 aromatic carbocycles. The third-order valence-electron chi connectivity index (χ3n) is 3.59. The molecule has 0 atom stereocenters. The molecule has 0 radical (unpaired) electrons. The van der Waals surface area contributed by atoms with Crippen molar-refractivity contribution in [2.75, 3.05) is 18.0 Å². The zero-order chi connectivity index (χ0) is 12.5. The summed E-state index contributed by atoms with van der Waals surface area (Å²) in [4.78, 5) is 2.40. The van der Waals surface area contributed by atoms with Crippen LogP contribution in [0.1, 0.15) is 12.8 Å². The maximum Gasteiger partial charge on any atom is 0.118 e. The number of halogens is 1. The van der Waals surface area contributed by atoms with Crippen LogP contribution >= 0.6 is 22.6 Å². The molecule has 1 N–H and O–H groups in total. The summed E-state index contributed by atoms with van der Waals surface area (Å²) in [5, 5.41) is 12.2. The Morgan fingerprint density at radius 2 is 1.83 bits per heavy atom. The molecular weight excluding hydrogens is 337 g/mol. The van der Waals surface area contributed by atoms with E-state index in [2.05, 4.69) is 45.7 Å². The molecule has 1 fully saturated rings. The predicted octanol–water partition coefficient (Wildman–Crippen LogP) is 3.95. The molecule has 1 aliphatic rings. The molecule has 0 bridgehead atoms. The van der Waals surface area contributed by atoms with Gasteiger partial charge in [0.05, 0.1) is 0 Å². The van der Waals surface area contributed by atoms with Crippen molar-refractivity contribution in [3.05, 3.63) is 36.4 Å². The summed E-state index contributed by atoms with van der Waals surface area (Å²) in [6.45, 7) is 2.17. The molecule has 0 saturated carbocycles. The van der Waals surface area contributed by atoms with E-state index in [1.54, 1.807) is 0 Å². The summed E-state index contributed by atoms with van der Waals surface area (Å²) in [6, 6.07) is 12.0. The van der Waals surface area contributed by atoms with Crippen LogP contribution in [-0.4, -0.2) is 22.1 Å². The number of hydrogen-bond acceptors (Lipinski definition) is 2. The molecule has 1 heterocycles. The topological polar surface area (TPSA) is 23.5 Å². The second-order valence-corrected chi connectivity index (χ2v) is 6.61. The van der Waals surface area contributed by atoms with Crippen molar-refractivity contribution in [3.63, 3.8) is 0 Å². The summed E-state index contributed by atoms with van der Waals surface area (Å²) >= 11 is 2.53. The van der Waals surface area contributed by atoms with Gasteiger partial charge < -0.3 is 10.0 Å². The monoisotopic (exact) mass is 353 g/mol. The molecule has 1 saturated heterocycles. The normalized spacial score (nSPS) is 17.3. The van der Waals surface area contributed by atoms with Crippen LogP contribution in [-0.2, 0) is 0 Å². The van der Waals surface area contributed by atoms with Gasteiger partial charge in [-0.3, -0.25) is 0 Å². The van der Waals surface area contributed by atoms with E-state index in [1.807, 2.05) is 18.2 Å². The first-order valence-corrected chi connectivity index (χ1v) is 7.59. The van der Waals surface area contributed by atoms with Crippen molar-refractivity contribution in [1.82, 2.24) is 0 Å². The third-order valence-corrected chi connectivity index (χ3v) is 4.84. The van der Waals surface area contributed by atoms with E-state index in [9.17, 15) is 5.11 Å². The number of piperidine rings is 1. The molecule has 1 aliphatic heterocycles. The van der Waals surface area contributed by atoms with Crippen molar-refractivity contribution in [3.8, 4) is 5.75 Å². The minimum absolute atomic E-state index is 0.361. The van der Waals surface area contributed by atoms with Gasteiger partial charge in [-0.15, -0.1) is 0 Å². The molecule has 2 aromatic rings. The van der Waals surface area contributed by atoms with Crippen molar-refractivity contribution < 1.29 is 5.11 Å². The van der Waals surface area contributed by atoms with Crippen molar-refractivity contribution in [2.45, 2.75) is 16.8 Å². The molecule has 2 nitrogen and oxygen atoms in total. The summed E-state index contributed by atoms with van der Waals surface area (Å²) < 4.78 is 0.794. The number of hydrogen-bond donors (Lipinski definition) is 1. The Hall–Kier alpha value is -0.970. The maximum absolute atomic E-state index is 9.87. The first-order chi connectivity index (χ1) is 8.74. The van der Waals surface area contributed by atoms with Crippen LogP contribution in [0.15, 0.2) is 36.4 Å². The van der Waals surface area contributed by atoms with E-state index in [1.165, 1.54) is 23.9 Å². The Bertz CT molecular complexity index is 561. The number of benzene rings is 2. The van der Waals surface area contributed by atoms with Gasteiger partial charge in [0, 0.05) is 34.2 Å². The number of phenolic OH excluding ortho intramolecular Hbond substituents is 1. The van der Waals surface area contributed by atoms with Crippen LogP contribution in [0.3, 0.4) is 0 Å². The fourth-order valence-electron chi connectivity index (χ4n) is 2.63. The van der Waals surface area contributed by atoms with Gasteiger partial charge in [-0.1, -0.05) is 46.9 Å². The van der Waals surface area contributed by atoms with Crippen LogP contribution < -0.4 is 4.90 Å². The standard InChI is InChI=1S/C15H16INO/c16-12-5-7-17(8-6-12)15-10-13(18)9-11-3-1-2-4-14(11)15/h1-4,9-10,12,18H,5-8H2.